The van der Waals surface area contributed by atoms with Gasteiger partial charge in [0.25, 0.3) is 5.89 Å². The number of rotatable bonds is 13. The average Bonchev–Trinajstić information content (AvgIpc) is 3.32. The molecule has 0 aliphatic rings. The highest BCUT2D eigenvalue weighted by molar-refractivity contribution is 6.30. The third-order valence-electron chi connectivity index (χ3n) is 4.61. The minimum Gasteiger partial charge on any atom is -0.487 e. The van der Waals surface area contributed by atoms with Crippen LogP contribution in [0.5, 0.6) is 5.75 Å². The first-order valence-corrected chi connectivity index (χ1v) is 11.2. The second-order valence-corrected chi connectivity index (χ2v) is 7.66. The number of carboxylic acid groups (broad SMARTS) is 1. The third-order valence-corrected chi connectivity index (χ3v) is 4.86. The number of ether oxygens (including phenoxy) is 2. The van der Waals surface area contributed by atoms with Gasteiger partial charge in [-0.15, -0.1) is 0 Å². The molecule has 1 unspecified atom stereocenters. The lowest BCUT2D eigenvalue weighted by atomic mass is 10.1. The maximum Gasteiger partial charge on any atom is 0.333 e. The molecular formula is C24H26ClN3O6. The molecule has 0 aliphatic carbocycles. The molecule has 34 heavy (non-hydrogen) atoms. The van der Waals surface area contributed by atoms with Crippen LogP contribution >= 0.6 is 11.6 Å². The smallest absolute Gasteiger partial charge is 0.333 e. The second-order valence-electron chi connectivity index (χ2n) is 7.22. The molecule has 2 aromatic carbocycles. The van der Waals surface area contributed by atoms with Crippen molar-refractivity contribution in [1.29, 1.82) is 0 Å². The molecule has 0 radical (unpaired) electrons. The molecule has 9 nitrogen and oxygen atoms in total. The predicted octanol–water partition coefficient (Wildman–Crippen LogP) is 4.63. The van der Waals surface area contributed by atoms with Crippen molar-refractivity contribution in [2.45, 2.75) is 32.8 Å². The molecule has 3 rings (SSSR count). The SMILES string of the molecule is CCCO/N=C(\COc1ccc(CC(OCC)C(=O)O)cc1)c1nc(-c2ccc(Cl)cc2)no1. The Hall–Kier alpha value is -3.43. The summed E-state index contributed by atoms with van der Waals surface area (Å²) in [6.45, 7) is 4.52. The van der Waals surface area contributed by atoms with Crippen molar-refractivity contribution < 1.29 is 28.7 Å². The second kappa shape index (κ2) is 12.7. The fraction of sp³-hybridized carbons (Fsp3) is 0.333. The van der Waals surface area contributed by atoms with Crippen LogP contribution in [0, 0.1) is 0 Å². The van der Waals surface area contributed by atoms with E-state index in [-0.39, 0.29) is 18.9 Å². The number of hydrogen-bond donors (Lipinski definition) is 1. The van der Waals surface area contributed by atoms with E-state index < -0.39 is 12.1 Å². The van der Waals surface area contributed by atoms with Crippen molar-refractivity contribution >= 4 is 23.3 Å². The van der Waals surface area contributed by atoms with Crippen LogP contribution in [0.3, 0.4) is 0 Å². The van der Waals surface area contributed by atoms with Gasteiger partial charge in [-0.1, -0.05) is 41.0 Å². The summed E-state index contributed by atoms with van der Waals surface area (Å²) in [7, 11) is 0. The molecular weight excluding hydrogens is 462 g/mol. The zero-order valence-corrected chi connectivity index (χ0v) is 19.7. The zero-order chi connectivity index (χ0) is 24.3. The maximum absolute atomic E-state index is 11.3. The van der Waals surface area contributed by atoms with Crippen molar-refractivity contribution in [2.24, 2.45) is 5.16 Å². The molecule has 180 valence electrons. The summed E-state index contributed by atoms with van der Waals surface area (Å²) in [6.07, 6.45) is 0.160. The van der Waals surface area contributed by atoms with Crippen LogP contribution in [0.2, 0.25) is 5.02 Å². The summed E-state index contributed by atoms with van der Waals surface area (Å²) < 4.78 is 16.5. The highest BCUT2D eigenvalue weighted by Gasteiger charge is 2.19. The summed E-state index contributed by atoms with van der Waals surface area (Å²) in [5, 5.41) is 18.0. The number of nitrogens with zero attached hydrogens (tertiary/aromatic N) is 3. The summed E-state index contributed by atoms with van der Waals surface area (Å²) in [5.41, 5.74) is 1.90. The Labute approximate surface area is 202 Å². The Morgan fingerprint density at radius 1 is 1.15 bits per heavy atom. The number of oxime groups is 1. The highest BCUT2D eigenvalue weighted by atomic mass is 35.5. The number of carboxylic acids is 1. The van der Waals surface area contributed by atoms with Crippen LogP contribution < -0.4 is 4.74 Å². The summed E-state index contributed by atoms with van der Waals surface area (Å²) in [4.78, 5) is 21.0. The molecule has 1 N–H and O–H groups in total. The molecule has 1 aromatic heterocycles. The summed E-state index contributed by atoms with van der Waals surface area (Å²) in [5.74, 6) is 0.139. The molecule has 0 saturated heterocycles. The number of aliphatic carboxylic acids is 1. The fourth-order valence-corrected chi connectivity index (χ4v) is 3.03. The lowest BCUT2D eigenvalue weighted by Crippen LogP contribution is -2.26. The number of aromatic nitrogens is 2. The van der Waals surface area contributed by atoms with Gasteiger partial charge in [-0.25, -0.2) is 4.79 Å². The van der Waals surface area contributed by atoms with E-state index in [1.807, 2.05) is 6.92 Å². The van der Waals surface area contributed by atoms with E-state index in [1.54, 1.807) is 55.5 Å². The Morgan fingerprint density at radius 3 is 2.53 bits per heavy atom. The molecule has 10 heteroatoms. The zero-order valence-electron chi connectivity index (χ0n) is 18.9. The van der Waals surface area contributed by atoms with Crippen molar-refractivity contribution in [3.05, 3.63) is 65.0 Å². The Morgan fingerprint density at radius 2 is 1.88 bits per heavy atom. The topological polar surface area (TPSA) is 116 Å². The van der Waals surface area contributed by atoms with Gasteiger partial charge in [0.2, 0.25) is 5.82 Å². The number of carbonyl (C=O) groups is 1. The number of halogens is 1. The first-order valence-electron chi connectivity index (χ1n) is 10.8. The van der Waals surface area contributed by atoms with Gasteiger partial charge >= 0.3 is 5.97 Å². The van der Waals surface area contributed by atoms with Gasteiger partial charge in [0.1, 0.15) is 19.0 Å². The van der Waals surface area contributed by atoms with Crippen LogP contribution in [0.1, 0.15) is 31.7 Å². The van der Waals surface area contributed by atoms with Gasteiger partial charge in [-0.2, -0.15) is 4.98 Å². The Balaban J connectivity index is 1.68. The largest absolute Gasteiger partial charge is 0.487 e. The van der Waals surface area contributed by atoms with Crippen LogP contribution in [-0.2, 0) is 20.8 Å². The van der Waals surface area contributed by atoms with E-state index in [1.165, 1.54) is 0 Å². The fourth-order valence-electron chi connectivity index (χ4n) is 2.91. The molecule has 0 bridgehead atoms. The molecule has 0 spiro atoms. The summed E-state index contributed by atoms with van der Waals surface area (Å²) >= 11 is 5.94. The van der Waals surface area contributed by atoms with Crippen molar-refractivity contribution in [2.75, 3.05) is 19.8 Å². The van der Waals surface area contributed by atoms with Crippen molar-refractivity contribution in [3.8, 4) is 17.1 Å². The van der Waals surface area contributed by atoms with E-state index in [2.05, 4.69) is 15.3 Å². The first-order chi connectivity index (χ1) is 16.5. The molecule has 0 aliphatic heterocycles. The molecule has 0 fully saturated rings. The number of benzene rings is 2. The van der Waals surface area contributed by atoms with Crippen LogP contribution in [-0.4, -0.2) is 52.9 Å². The van der Waals surface area contributed by atoms with E-state index in [9.17, 15) is 9.90 Å². The van der Waals surface area contributed by atoms with Gasteiger partial charge in [0.05, 0.1) is 0 Å². The lowest BCUT2D eigenvalue weighted by Gasteiger charge is -2.13. The van der Waals surface area contributed by atoms with Crippen molar-refractivity contribution in [3.63, 3.8) is 0 Å². The molecule has 0 saturated carbocycles. The van der Waals surface area contributed by atoms with E-state index in [0.717, 1.165) is 17.5 Å². The first kappa shape index (κ1) is 25.2. The minimum absolute atomic E-state index is 0.0298. The van der Waals surface area contributed by atoms with E-state index >= 15 is 0 Å². The van der Waals surface area contributed by atoms with Crippen LogP contribution in [0.4, 0.5) is 0 Å². The molecule has 3 aromatic rings. The maximum atomic E-state index is 11.3. The van der Waals surface area contributed by atoms with Gasteiger partial charge in [-0.3, -0.25) is 0 Å². The predicted molar refractivity (Wildman–Crippen MR) is 126 cm³/mol. The third kappa shape index (κ3) is 7.29. The minimum atomic E-state index is -0.993. The monoisotopic (exact) mass is 487 g/mol. The standard InChI is InChI=1S/C24H26ClN3O6/c1-3-13-33-27-20(23-26-22(28-34-23)17-7-9-18(25)10-8-17)15-32-19-11-5-16(6-12-19)14-21(24(29)30)31-4-2/h5-12,21H,3-4,13-15H2,1-2H3,(H,29,30)/b27-20+. The van der Waals surface area contributed by atoms with Gasteiger partial charge < -0.3 is 23.9 Å². The highest BCUT2D eigenvalue weighted by Crippen LogP contribution is 2.20. The van der Waals surface area contributed by atoms with Gasteiger partial charge in [0.15, 0.2) is 11.8 Å². The average molecular weight is 488 g/mol. The molecule has 0 amide bonds. The summed E-state index contributed by atoms with van der Waals surface area (Å²) in [6, 6.07) is 14.1. The van der Waals surface area contributed by atoms with Gasteiger partial charge in [-0.05, 0) is 55.3 Å². The quantitative estimate of drug-likeness (QED) is 0.211. The Bertz CT molecular complexity index is 1080. The van der Waals surface area contributed by atoms with E-state index in [4.69, 9.17) is 30.4 Å². The Kier molecular flexibility index (Phi) is 9.42. The van der Waals surface area contributed by atoms with Gasteiger partial charge in [0, 0.05) is 23.6 Å². The molecule has 1 atom stereocenters. The lowest BCUT2D eigenvalue weighted by molar-refractivity contribution is -0.149. The van der Waals surface area contributed by atoms with Crippen LogP contribution in [0.25, 0.3) is 11.4 Å². The molecule has 1 heterocycles. The van der Waals surface area contributed by atoms with Crippen LogP contribution in [0.15, 0.2) is 58.2 Å². The van der Waals surface area contributed by atoms with Crippen molar-refractivity contribution in [1.82, 2.24) is 10.1 Å². The normalized spacial score (nSPS) is 12.4. The van der Waals surface area contributed by atoms with E-state index in [0.29, 0.717) is 35.5 Å². The number of hydrogen-bond acceptors (Lipinski definition) is 8.